The fourth-order valence-corrected chi connectivity index (χ4v) is 3.75. The van der Waals surface area contributed by atoms with Crippen LogP contribution in [0.4, 0.5) is 0 Å². The standard InChI is InChI=1S/C16H26N2S/c17-15(13-14-7-2-1-3-8-14)9-6-12-19-16-10-4-5-11-18-16/h4-5,10-11,14-15H,1-3,6-9,12-13,17H2/t15-/m1/s1. The van der Waals surface area contributed by atoms with E-state index < -0.39 is 0 Å². The SMILES string of the molecule is N[C@H](CCCSc1ccccn1)CC1CCCCC1. The lowest BCUT2D eigenvalue weighted by molar-refractivity contribution is 0.312. The molecule has 0 amide bonds. The number of rotatable bonds is 7. The highest BCUT2D eigenvalue weighted by Gasteiger charge is 2.16. The third-order valence-corrected chi connectivity index (χ3v) is 5.00. The van der Waals surface area contributed by atoms with Crippen LogP contribution in [0.1, 0.15) is 51.4 Å². The summed E-state index contributed by atoms with van der Waals surface area (Å²) in [7, 11) is 0. The molecule has 19 heavy (non-hydrogen) atoms. The first-order valence-corrected chi connectivity index (χ1v) is 8.62. The molecule has 3 heteroatoms. The van der Waals surface area contributed by atoms with Crippen molar-refractivity contribution in [2.24, 2.45) is 11.7 Å². The van der Waals surface area contributed by atoms with E-state index in [4.69, 9.17) is 5.73 Å². The second-order valence-electron chi connectivity index (χ2n) is 5.66. The van der Waals surface area contributed by atoms with Crippen LogP contribution in [0.5, 0.6) is 0 Å². The van der Waals surface area contributed by atoms with E-state index in [1.165, 1.54) is 44.9 Å². The molecule has 0 bridgehead atoms. The Bertz CT molecular complexity index is 336. The molecule has 1 aromatic rings. The predicted molar refractivity (Wildman–Crippen MR) is 83.4 cm³/mol. The number of hydrogen-bond donors (Lipinski definition) is 1. The van der Waals surface area contributed by atoms with E-state index >= 15 is 0 Å². The van der Waals surface area contributed by atoms with Crippen LogP contribution >= 0.6 is 11.8 Å². The van der Waals surface area contributed by atoms with Crippen LogP contribution in [0.2, 0.25) is 0 Å². The van der Waals surface area contributed by atoms with Gasteiger partial charge in [-0.15, -0.1) is 11.8 Å². The number of hydrogen-bond acceptors (Lipinski definition) is 3. The van der Waals surface area contributed by atoms with E-state index in [0.717, 1.165) is 23.1 Å². The minimum absolute atomic E-state index is 0.410. The Morgan fingerprint density at radius 2 is 2.11 bits per heavy atom. The van der Waals surface area contributed by atoms with Crippen LogP contribution in [-0.2, 0) is 0 Å². The Balaban J connectivity index is 1.55. The summed E-state index contributed by atoms with van der Waals surface area (Å²) < 4.78 is 0. The smallest absolute Gasteiger partial charge is 0.0959 e. The van der Waals surface area contributed by atoms with Gasteiger partial charge < -0.3 is 5.73 Å². The normalized spacial score (nSPS) is 18.4. The summed E-state index contributed by atoms with van der Waals surface area (Å²) in [6, 6.07) is 6.49. The lowest BCUT2D eigenvalue weighted by Gasteiger charge is -2.24. The molecule has 1 atom stereocenters. The van der Waals surface area contributed by atoms with Crippen LogP contribution in [0.15, 0.2) is 29.4 Å². The van der Waals surface area contributed by atoms with Crippen LogP contribution in [0, 0.1) is 5.92 Å². The summed E-state index contributed by atoms with van der Waals surface area (Å²) >= 11 is 1.84. The molecule has 2 nitrogen and oxygen atoms in total. The van der Waals surface area contributed by atoms with Crippen molar-refractivity contribution in [1.29, 1.82) is 0 Å². The van der Waals surface area contributed by atoms with E-state index in [0.29, 0.717) is 6.04 Å². The minimum Gasteiger partial charge on any atom is -0.328 e. The third-order valence-electron chi connectivity index (χ3n) is 3.97. The molecule has 106 valence electrons. The number of pyridine rings is 1. The zero-order valence-corrected chi connectivity index (χ0v) is 12.6. The van der Waals surface area contributed by atoms with Crippen molar-refractivity contribution in [2.45, 2.75) is 62.4 Å². The second-order valence-corrected chi connectivity index (χ2v) is 6.77. The van der Waals surface area contributed by atoms with Gasteiger partial charge in [0.1, 0.15) is 0 Å². The van der Waals surface area contributed by atoms with Crippen LogP contribution in [0.3, 0.4) is 0 Å². The molecule has 0 radical (unpaired) electrons. The summed E-state index contributed by atoms with van der Waals surface area (Å²) in [5.74, 6) is 2.04. The van der Waals surface area contributed by atoms with Crippen LogP contribution in [0.25, 0.3) is 0 Å². The van der Waals surface area contributed by atoms with E-state index in [2.05, 4.69) is 11.1 Å². The zero-order chi connectivity index (χ0) is 13.3. The van der Waals surface area contributed by atoms with Gasteiger partial charge in [0.05, 0.1) is 5.03 Å². The Morgan fingerprint density at radius 1 is 1.26 bits per heavy atom. The van der Waals surface area contributed by atoms with Gasteiger partial charge >= 0.3 is 0 Å². The van der Waals surface area contributed by atoms with Crippen LogP contribution < -0.4 is 5.73 Å². The minimum atomic E-state index is 0.410. The first-order valence-electron chi connectivity index (χ1n) is 7.64. The van der Waals surface area contributed by atoms with Gasteiger partial charge in [-0.3, -0.25) is 0 Å². The first kappa shape index (κ1) is 14.9. The van der Waals surface area contributed by atoms with Crippen LogP contribution in [-0.4, -0.2) is 16.8 Å². The molecule has 1 heterocycles. The number of aromatic nitrogens is 1. The van der Waals surface area contributed by atoms with Gasteiger partial charge in [-0.2, -0.15) is 0 Å². The number of thioether (sulfide) groups is 1. The molecular weight excluding hydrogens is 252 g/mol. The highest BCUT2D eigenvalue weighted by molar-refractivity contribution is 7.99. The average Bonchev–Trinajstić information content (AvgIpc) is 2.46. The molecule has 0 aliphatic heterocycles. The topological polar surface area (TPSA) is 38.9 Å². The summed E-state index contributed by atoms with van der Waals surface area (Å²) in [6.07, 6.45) is 12.6. The Labute approximate surface area is 121 Å². The molecule has 1 aliphatic rings. The van der Waals surface area contributed by atoms with Gasteiger partial charge in [0, 0.05) is 12.2 Å². The fraction of sp³-hybridized carbons (Fsp3) is 0.688. The third kappa shape index (κ3) is 5.96. The van der Waals surface area contributed by atoms with Crippen molar-refractivity contribution >= 4 is 11.8 Å². The first-order chi connectivity index (χ1) is 9.34. The van der Waals surface area contributed by atoms with Gasteiger partial charge in [0.25, 0.3) is 0 Å². The van der Waals surface area contributed by atoms with Crippen molar-refractivity contribution < 1.29 is 0 Å². The maximum atomic E-state index is 6.26. The molecule has 2 N–H and O–H groups in total. The highest BCUT2D eigenvalue weighted by atomic mass is 32.2. The maximum absolute atomic E-state index is 6.26. The van der Waals surface area contributed by atoms with Crippen molar-refractivity contribution in [3.8, 4) is 0 Å². The van der Waals surface area contributed by atoms with E-state index in [1.807, 2.05) is 30.1 Å². The van der Waals surface area contributed by atoms with E-state index in [1.54, 1.807) is 0 Å². The molecule has 1 aromatic heterocycles. The van der Waals surface area contributed by atoms with Crippen molar-refractivity contribution in [2.75, 3.05) is 5.75 Å². The quantitative estimate of drug-likeness (QED) is 0.598. The van der Waals surface area contributed by atoms with Gasteiger partial charge in [-0.25, -0.2) is 4.98 Å². The Kier molecular flexibility index (Phi) is 6.72. The zero-order valence-electron chi connectivity index (χ0n) is 11.8. The summed E-state index contributed by atoms with van der Waals surface area (Å²) in [5.41, 5.74) is 6.26. The summed E-state index contributed by atoms with van der Waals surface area (Å²) in [4.78, 5) is 4.32. The van der Waals surface area contributed by atoms with E-state index in [-0.39, 0.29) is 0 Å². The molecule has 0 spiro atoms. The largest absolute Gasteiger partial charge is 0.328 e. The van der Waals surface area contributed by atoms with Gasteiger partial charge in [-0.1, -0.05) is 38.2 Å². The molecule has 1 fully saturated rings. The predicted octanol–water partition coefficient (Wildman–Crippen LogP) is 4.25. The van der Waals surface area contributed by atoms with Crippen molar-refractivity contribution in [3.63, 3.8) is 0 Å². The summed E-state index contributed by atoms with van der Waals surface area (Å²) in [5, 5.41) is 1.13. The lowest BCUT2D eigenvalue weighted by atomic mass is 9.84. The monoisotopic (exact) mass is 278 g/mol. The van der Waals surface area contributed by atoms with Crippen molar-refractivity contribution in [3.05, 3.63) is 24.4 Å². The molecule has 2 rings (SSSR count). The highest BCUT2D eigenvalue weighted by Crippen LogP contribution is 2.28. The molecule has 1 aliphatic carbocycles. The Hall–Kier alpha value is -0.540. The number of nitrogens with two attached hydrogens (primary N) is 1. The van der Waals surface area contributed by atoms with Gasteiger partial charge in [0.2, 0.25) is 0 Å². The fourth-order valence-electron chi connectivity index (χ4n) is 2.92. The maximum Gasteiger partial charge on any atom is 0.0959 e. The van der Waals surface area contributed by atoms with Crippen molar-refractivity contribution in [1.82, 2.24) is 4.98 Å². The molecule has 0 aromatic carbocycles. The van der Waals surface area contributed by atoms with E-state index in [9.17, 15) is 0 Å². The molecule has 0 unspecified atom stereocenters. The van der Waals surface area contributed by atoms with Gasteiger partial charge in [0.15, 0.2) is 0 Å². The molecule has 1 saturated carbocycles. The lowest BCUT2D eigenvalue weighted by Crippen LogP contribution is -2.24. The molecular formula is C16H26N2S. The average molecular weight is 278 g/mol. The Morgan fingerprint density at radius 3 is 2.84 bits per heavy atom. The van der Waals surface area contributed by atoms with Gasteiger partial charge in [-0.05, 0) is 43.1 Å². The summed E-state index contributed by atoms with van der Waals surface area (Å²) in [6.45, 7) is 0. The molecule has 0 saturated heterocycles. The number of nitrogens with zero attached hydrogens (tertiary/aromatic N) is 1. The second kappa shape index (κ2) is 8.60.